The second-order valence-corrected chi connectivity index (χ2v) is 5.79. The Morgan fingerprint density at radius 3 is 2.20 bits per heavy atom. The van der Waals surface area contributed by atoms with Crippen molar-refractivity contribution in [1.29, 1.82) is 0 Å². The predicted octanol–water partition coefficient (Wildman–Crippen LogP) is 2.98. The molecule has 0 bridgehead atoms. The molecule has 0 amide bonds. The number of carboxylic acid groups (broad SMARTS) is 1. The Morgan fingerprint density at radius 2 is 1.75 bits per heavy atom. The number of carboxylic acids is 1. The number of anilines is 1. The first kappa shape index (κ1) is 15.4. The maximum Gasteiger partial charge on any atom is 0.320 e. The van der Waals surface area contributed by atoms with Crippen LogP contribution in [-0.4, -0.2) is 48.2 Å². The molecule has 1 aromatic rings. The summed E-state index contributed by atoms with van der Waals surface area (Å²) in [5, 5.41) is 10.4. The van der Waals surface area contributed by atoms with Crippen molar-refractivity contribution < 1.29 is 9.90 Å². The second-order valence-electron chi connectivity index (χ2n) is 4.91. The van der Waals surface area contributed by atoms with Crippen molar-refractivity contribution in [2.24, 2.45) is 0 Å². The van der Waals surface area contributed by atoms with E-state index in [-0.39, 0.29) is 6.04 Å². The summed E-state index contributed by atoms with van der Waals surface area (Å²) in [4.78, 5) is 15.4. The summed E-state index contributed by atoms with van der Waals surface area (Å²) >= 11 is 12.0. The summed E-state index contributed by atoms with van der Waals surface area (Å²) in [7, 11) is 0. The molecule has 0 spiro atoms. The average Bonchev–Trinajstić information content (AvgIpc) is 2.38. The maximum atomic E-state index is 11.2. The van der Waals surface area contributed by atoms with Gasteiger partial charge >= 0.3 is 5.97 Å². The fraction of sp³-hybridized carbons (Fsp3) is 0.500. The molecule has 1 aromatic carbocycles. The molecule has 1 unspecified atom stereocenters. The fourth-order valence-corrected chi connectivity index (χ4v) is 3.12. The van der Waals surface area contributed by atoms with Crippen LogP contribution in [0.3, 0.4) is 0 Å². The highest BCUT2D eigenvalue weighted by Gasteiger charge is 2.27. The quantitative estimate of drug-likeness (QED) is 0.927. The van der Waals surface area contributed by atoms with Crippen molar-refractivity contribution in [1.82, 2.24) is 4.90 Å². The summed E-state index contributed by atoms with van der Waals surface area (Å²) in [5.41, 5.74) is 0.991. The van der Waals surface area contributed by atoms with Crippen LogP contribution in [-0.2, 0) is 4.79 Å². The predicted molar refractivity (Wildman–Crippen MR) is 82.0 cm³/mol. The van der Waals surface area contributed by atoms with Crippen LogP contribution >= 0.6 is 23.2 Å². The summed E-state index contributed by atoms with van der Waals surface area (Å²) in [6.45, 7) is 4.92. The van der Waals surface area contributed by atoms with Crippen LogP contribution in [0.15, 0.2) is 18.2 Å². The first-order valence-corrected chi connectivity index (χ1v) is 7.44. The molecule has 4 nitrogen and oxygen atoms in total. The normalized spacial score (nSPS) is 18.1. The van der Waals surface area contributed by atoms with Gasteiger partial charge < -0.3 is 10.0 Å². The van der Waals surface area contributed by atoms with E-state index in [9.17, 15) is 9.90 Å². The van der Waals surface area contributed by atoms with E-state index in [4.69, 9.17) is 23.2 Å². The Balaban J connectivity index is 2.02. The van der Waals surface area contributed by atoms with E-state index in [1.165, 1.54) is 0 Å². The van der Waals surface area contributed by atoms with E-state index in [1.807, 2.05) is 24.0 Å². The van der Waals surface area contributed by atoms with Gasteiger partial charge in [0.2, 0.25) is 0 Å². The smallest absolute Gasteiger partial charge is 0.320 e. The van der Waals surface area contributed by atoms with Crippen molar-refractivity contribution >= 4 is 34.9 Å². The molecule has 1 fully saturated rings. The van der Waals surface area contributed by atoms with E-state index in [0.717, 1.165) is 31.9 Å². The van der Waals surface area contributed by atoms with Gasteiger partial charge in [-0.05, 0) is 24.6 Å². The number of rotatable bonds is 4. The third-order valence-corrected chi connectivity index (χ3v) is 4.08. The van der Waals surface area contributed by atoms with Crippen molar-refractivity contribution in [2.45, 2.75) is 19.4 Å². The number of carbonyl (C=O) groups is 1. The summed E-state index contributed by atoms with van der Waals surface area (Å²) in [6.07, 6.45) is 0.623. The Kier molecular flexibility index (Phi) is 5.13. The van der Waals surface area contributed by atoms with Gasteiger partial charge in [0.15, 0.2) is 0 Å². The van der Waals surface area contributed by atoms with Crippen molar-refractivity contribution in [3.8, 4) is 0 Å². The Labute approximate surface area is 128 Å². The summed E-state index contributed by atoms with van der Waals surface area (Å²) in [6, 6.07) is 5.09. The molecule has 1 saturated heterocycles. The van der Waals surface area contributed by atoms with Crippen LogP contribution in [0.2, 0.25) is 10.0 Å². The molecule has 0 radical (unpaired) electrons. The number of halogens is 2. The van der Waals surface area contributed by atoms with E-state index >= 15 is 0 Å². The standard InChI is InChI=1S/C14H18Cl2N2O2/c1-2-13(14(19)20)18-5-3-17(4-6-18)12-8-10(15)7-11(16)9-12/h7-9,13H,2-6H2,1H3,(H,19,20). The van der Waals surface area contributed by atoms with Gasteiger partial charge in [-0.1, -0.05) is 30.1 Å². The molecule has 1 aliphatic heterocycles. The van der Waals surface area contributed by atoms with Crippen molar-refractivity contribution in [2.75, 3.05) is 31.1 Å². The summed E-state index contributed by atoms with van der Waals surface area (Å²) < 4.78 is 0. The molecule has 2 rings (SSSR count). The van der Waals surface area contributed by atoms with Crippen LogP contribution < -0.4 is 4.90 Å². The third kappa shape index (κ3) is 3.57. The molecule has 20 heavy (non-hydrogen) atoms. The lowest BCUT2D eigenvalue weighted by atomic mass is 10.1. The van der Waals surface area contributed by atoms with Crippen LogP contribution in [0.5, 0.6) is 0 Å². The molecule has 1 atom stereocenters. The third-order valence-electron chi connectivity index (χ3n) is 3.64. The molecule has 0 aliphatic carbocycles. The van der Waals surface area contributed by atoms with Crippen molar-refractivity contribution in [3.05, 3.63) is 28.2 Å². The van der Waals surface area contributed by atoms with Crippen molar-refractivity contribution in [3.63, 3.8) is 0 Å². The lowest BCUT2D eigenvalue weighted by molar-refractivity contribution is -0.143. The van der Waals surface area contributed by atoms with Gasteiger partial charge in [-0.15, -0.1) is 0 Å². The molecule has 1 N–H and O–H groups in total. The largest absolute Gasteiger partial charge is 0.480 e. The van der Waals surface area contributed by atoms with E-state index in [1.54, 1.807) is 6.07 Å². The van der Waals surface area contributed by atoms with Gasteiger partial charge in [-0.3, -0.25) is 9.69 Å². The van der Waals surface area contributed by atoms with Gasteiger partial charge in [0.25, 0.3) is 0 Å². The molecule has 1 aliphatic rings. The lowest BCUT2D eigenvalue weighted by Crippen LogP contribution is -2.52. The number of aliphatic carboxylic acids is 1. The first-order valence-electron chi connectivity index (χ1n) is 6.69. The molecule has 1 heterocycles. The van der Waals surface area contributed by atoms with Crippen LogP contribution in [0.25, 0.3) is 0 Å². The highest BCUT2D eigenvalue weighted by molar-refractivity contribution is 6.35. The van der Waals surface area contributed by atoms with Gasteiger partial charge in [0.05, 0.1) is 0 Å². The first-order chi connectivity index (χ1) is 9.51. The molecule has 6 heteroatoms. The monoisotopic (exact) mass is 316 g/mol. The maximum absolute atomic E-state index is 11.2. The minimum atomic E-state index is -0.744. The minimum Gasteiger partial charge on any atom is -0.480 e. The van der Waals surface area contributed by atoms with E-state index in [2.05, 4.69) is 4.90 Å². The molecule has 0 aromatic heterocycles. The van der Waals surface area contributed by atoms with Crippen LogP contribution in [0.1, 0.15) is 13.3 Å². The van der Waals surface area contributed by atoms with Crippen LogP contribution in [0, 0.1) is 0 Å². The second kappa shape index (κ2) is 6.66. The van der Waals surface area contributed by atoms with Gasteiger partial charge in [-0.2, -0.15) is 0 Å². The zero-order valence-electron chi connectivity index (χ0n) is 11.4. The highest BCUT2D eigenvalue weighted by atomic mass is 35.5. The fourth-order valence-electron chi connectivity index (χ4n) is 2.60. The number of nitrogens with zero attached hydrogens (tertiary/aromatic N) is 2. The van der Waals surface area contributed by atoms with Gasteiger partial charge in [0.1, 0.15) is 6.04 Å². The Morgan fingerprint density at radius 1 is 1.20 bits per heavy atom. The molecular weight excluding hydrogens is 299 g/mol. The number of hydrogen-bond donors (Lipinski definition) is 1. The van der Waals surface area contributed by atoms with Gasteiger partial charge in [-0.25, -0.2) is 0 Å². The van der Waals surface area contributed by atoms with Gasteiger partial charge in [0, 0.05) is 41.9 Å². The van der Waals surface area contributed by atoms with E-state index < -0.39 is 5.97 Å². The summed E-state index contributed by atoms with van der Waals surface area (Å²) in [5.74, 6) is -0.744. The number of piperazine rings is 1. The van der Waals surface area contributed by atoms with Crippen LogP contribution in [0.4, 0.5) is 5.69 Å². The SMILES string of the molecule is CCC(C(=O)O)N1CCN(c2cc(Cl)cc(Cl)c2)CC1. The minimum absolute atomic E-state index is 0.389. The molecular formula is C14H18Cl2N2O2. The number of hydrogen-bond acceptors (Lipinski definition) is 3. The number of benzene rings is 1. The zero-order valence-corrected chi connectivity index (χ0v) is 12.9. The highest BCUT2D eigenvalue weighted by Crippen LogP contribution is 2.26. The Hall–Kier alpha value is -0.970. The molecule has 0 saturated carbocycles. The average molecular weight is 317 g/mol. The Bertz CT molecular complexity index is 468. The lowest BCUT2D eigenvalue weighted by Gasteiger charge is -2.38. The molecule has 110 valence electrons. The van der Waals surface area contributed by atoms with E-state index in [0.29, 0.717) is 16.5 Å². The zero-order chi connectivity index (χ0) is 14.7. The topological polar surface area (TPSA) is 43.8 Å².